The van der Waals surface area contributed by atoms with E-state index < -0.39 is 11.7 Å². The van der Waals surface area contributed by atoms with Crippen LogP contribution in [0.25, 0.3) is 0 Å². The fourth-order valence-electron chi connectivity index (χ4n) is 1.51. The van der Waals surface area contributed by atoms with Crippen LogP contribution in [-0.2, 0) is 6.18 Å². The molecule has 0 amide bonds. The summed E-state index contributed by atoms with van der Waals surface area (Å²) in [6, 6.07) is 5.26. The average molecular weight is 256 g/mol. The summed E-state index contributed by atoms with van der Waals surface area (Å²) in [5, 5.41) is 0. The minimum Gasteiger partial charge on any atom is -0.166 e. The lowest BCUT2D eigenvalue weighted by atomic mass is 10.2. The fraction of sp³-hybridized carbons (Fsp3) is 0.231. The molecule has 0 spiro atoms. The molecule has 1 aromatic carbocycles. The van der Waals surface area contributed by atoms with Crippen molar-refractivity contribution in [3.05, 3.63) is 53.0 Å². The van der Waals surface area contributed by atoms with E-state index in [4.69, 9.17) is 0 Å². The van der Waals surface area contributed by atoms with Gasteiger partial charge in [0.25, 0.3) is 0 Å². The van der Waals surface area contributed by atoms with E-state index in [-0.39, 0.29) is 0 Å². The summed E-state index contributed by atoms with van der Waals surface area (Å²) in [6.07, 6.45) is 3.96. The molecule has 90 valence electrons. The first kappa shape index (κ1) is 12.3. The lowest BCUT2D eigenvalue weighted by Gasteiger charge is -2.09. The normalized spacial score (nSPS) is 15.8. The van der Waals surface area contributed by atoms with Crippen LogP contribution in [0.5, 0.6) is 0 Å². The van der Waals surface area contributed by atoms with Crippen LogP contribution in [0.15, 0.2) is 52.3 Å². The summed E-state index contributed by atoms with van der Waals surface area (Å²) in [6.45, 7) is 0. The first-order chi connectivity index (χ1) is 8.05. The second-order valence-electron chi connectivity index (χ2n) is 3.71. The third kappa shape index (κ3) is 3.40. The van der Waals surface area contributed by atoms with E-state index in [1.165, 1.54) is 23.9 Å². The number of hydrogen-bond donors (Lipinski definition) is 0. The Morgan fingerprint density at radius 1 is 1.00 bits per heavy atom. The molecule has 4 heteroatoms. The Morgan fingerprint density at radius 2 is 1.71 bits per heavy atom. The lowest BCUT2D eigenvalue weighted by Crippen LogP contribution is -2.03. The summed E-state index contributed by atoms with van der Waals surface area (Å²) in [4.78, 5) is 1.92. The second kappa shape index (κ2) is 5.00. The van der Waals surface area contributed by atoms with E-state index >= 15 is 0 Å². The van der Waals surface area contributed by atoms with Gasteiger partial charge in [0.2, 0.25) is 0 Å². The average Bonchev–Trinajstić information content (AvgIpc) is 2.30. The van der Waals surface area contributed by atoms with Crippen LogP contribution >= 0.6 is 11.8 Å². The molecule has 0 atom stereocenters. The third-order valence-electron chi connectivity index (χ3n) is 2.38. The second-order valence-corrected chi connectivity index (χ2v) is 4.86. The highest BCUT2D eigenvalue weighted by molar-refractivity contribution is 8.03. The Bertz CT molecular complexity index is 441. The van der Waals surface area contributed by atoms with Crippen molar-refractivity contribution in [2.75, 3.05) is 0 Å². The van der Waals surface area contributed by atoms with Crippen LogP contribution in [0.1, 0.15) is 18.4 Å². The predicted molar refractivity (Wildman–Crippen MR) is 63.8 cm³/mol. The van der Waals surface area contributed by atoms with Crippen LogP contribution < -0.4 is 0 Å². The van der Waals surface area contributed by atoms with E-state index in [2.05, 4.69) is 12.2 Å². The quantitative estimate of drug-likeness (QED) is 0.715. The van der Waals surface area contributed by atoms with E-state index in [0.29, 0.717) is 0 Å². The van der Waals surface area contributed by atoms with Gasteiger partial charge in [0, 0.05) is 9.80 Å². The van der Waals surface area contributed by atoms with Gasteiger partial charge in [0.15, 0.2) is 0 Å². The molecule has 0 saturated heterocycles. The predicted octanol–water partition coefficient (Wildman–Crippen LogP) is 5.03. The zero-order valence-corrected chi connectivity index (χ0v) is 9.81. The number of allylic oxidation sites excluding steroid dienone is 3. The zero-order chi connectivity index (χ0) is 12.3. The van der Waals surface area contributed by atoms with E-state index in [0.717, 1.165) is 34.8 Å². The molecule has 0 aromatic heterocycles. The maximum atomic E-state index is 12.3. The molecular weight excluding hydrogens is 245 g/mol. The largest absolute Gasteiger partial charge is 0.416 e. The van der Waals surface area contributed by atoms with Crippen molar-refractivity contribution in [1.29, 1.82) is 0 Å². The molecule has 0 aliphatic heterocycles. The number of hydrogen-bond acceptors (Lipinski definition) is 1. The number of rotatable bonds is 2. The van der Waals surface area contributed by atoms with Crippen molar-refractivity contribution in [3.8, 4) is 0 Å². The highest BCUT2D eigenvalue weighted by atomic mass is 32.2. The monoisotopic (exact) mass is 256 g/mol. The minimum absolute atomic E-state index is 0.602. The molecule has 2 rings (SSSR count). The van der Waals surface area contributed by atoms with Crippen molar-refractivity contribution in [2.45, 2.75) is 23.9 Å². The molecule has 0 radical (unpaired) electrons. The van der Waals surface area contributed by atoms with Gasteiger partial charge in [-0.2, -0.15) is 13.2 Å². The Hall–Kier alpha value is -1.16. The molecule has 0 N–H and O–H groups in total. The van der Waals surface area contributed by atoms with Gasteiger partial charge in [-0.15, -0.1) is 0 Å². The number of halogens is 3. The van der Waals surface area contributed by atoms with Crippen LogP contribution in [-0.4, -0.2) is 0 Å². The molecule has 17 heavy (non-hydrogen) atoms. The molecule has 1 aliphatic carbocycles. The fourth-order valence-corrected chi connectivity index (χ4v) is 2.42. The summed E-state index contributed by atoms with van der Waals surface area (Å²) in [5.41, 5.74) is -0.602. The first-order valence-corrected chi connectivity index (χ1v) is 6.09. The maximum absolute atomic E-state index is 12.3. The third-order valence-corrected chi connectivity index (χ3v) is 3.42. The molecule has 0 nitrogen and oxygen atoms in total. The van der Waals surface area contributed by atoms with Gasteiger partial charge in [0.1, 0.15) is 0 Å². The number of benzene rings is 1. The molecular formula is C13H11F3S. The van der Waals surface area contributed by atoms with Crippen molar-refractivity contribution in [3.63, 3.8) is 0 Å². The van der Waals surface area contributed by atoms with Gasteiger partial charge < -0.3 is 0 Å². The Morgan fingerprint density at radius 3 is 2.24 bits per heavy atom. The van der Waals surface area contributed by atoms with Gasteiger partial charge in [-0.1, -0.05) is 30.0 Å². The van der Waals surface area contributed by atoms with E-state index in [9.17, 15) is 13.2 Å². The molecule has 0 unspecified atom stereocenters. The smallest absolute Gasteiger partial charge is 0.166 e. The summed E-state index contributed by atoms with van der Waals surface area (Å²) in [5.74, 6) is 0. The minimum atomic E-state index is -4.26. The molecule has 1 aromatic rings. The summed E-state index contributed by atoms with van der Waals surface area (Å²) in [7, 11) is 0. The highest BCUT2D eigenvalue weighted by Crippen LogP contribution is 2.33. The van der Waals surface area contributed by atoms with Crippen LogP contribution in [0, 0.1) is 0 Å². The standard InChI is InChI=1S/C13H11F3S/c14-13(15,16)10-6-8-12(9-7-10)17-11-4-2-1-3-5-11/h2,4-9H,1,3H2. The highest BCUT2D eigenvalue weighted by Gasteiger charge is 2.29. The molecule has 1 aliphatic rings. The maximum Gasteiger partial charge on any atom is 0.416 e. The van der Waals surface area contributed by atoms with Gasteiger partial charge in [-0.3, -0.25) is 0 Å². The van der Waals surface area contributed by atoms with Gasteiger partial charge >= 0.3 is 6.18 Å². The Kier molecular flexibility index (Phi) is 3.62. The van der Waals surface area contributed by atoms with Gasteiger partial charge in [0.05, 0.1) is 5.56 Å². The summed E-state index contributed by atoms with van der Waals surface area (Å²) >= 11 is 1.49. The zero-order valence-electron chi connectivity index (χ0n) is 9.00. The Balaban J connectivity index is 2.08. The van der Waals surface area contributed by atoms with Crippen molar-refractivity contribution in [2.24, 2.45) is 0 Å². The van der Waals surface area contributed by atoms with E-state index in [1.54, 1.807) is 0 Å². The van der Waals surface area contributed by atoms with Crippen LogP contribution in [0.4, 0.5) is 13.2 Å². The Labute approximate surface area is 102 Å². The van der Waals surface area contributed by atoms with E-state index in [1.807, 2.05) is 6.08 Å². The van der Waals surface area contributed by atoms with Crippen molar-refractivity contribution >= 4 is 11.8 Å². The SMILES string of the molecule is FC(F)(F)c1ccc(SC2=CCCC=C2)cc1. The molecule has 0 fully saturated rings. The van der Waals surface area contributed by atoms with Crippen molar-refractivity contribution < 1.29 is 13.2 Å². The topological polar surface area (TPSA) is 0 Å². The van der Waals surface area contributed by atoms with Gasteiger partial charge in [-0.25, -0.2) is 0 Å². The number of alkyl halides is 3. The molecule has 0 bridgehead atoms. The first-order valence-electron chi connectivity index (χ1n) is 5.27. The van der Waals surface area contributed by atoms with Crippen LogP contribution in [0.3, 0.4) is 0 Å². The van der Waals surface area contributed by atoms with Gasteiger partial charge in [-0.05, 0) is 37.1 Å². The van der Waals surface area contributed by atoms with Crippen molar-refractivity contribution in [1.82, 2.24) is 0 Å². The molecule has 0 heterocycles. The number of thioether (sulfide) groups is 1. The van der Waals surface area contributed by atoms with Crippen LogP contribution in [0.2, 0.25) is 0 Å². The molecule has 0 saturated carbocycles. The lowest BCUT2D eigenvalue weighted by molar-refractivity contribution is -0.137. The summed E-state index contributed by atoms with van der Waals surface area (Å²) < 4.78 is 37.0.